The van der Waals surface area contributed by atoms with Crippen molar-refractivity contribution in [2.75, 3.05) is 24.9 Å². The van der Waals surface area contributed by atoms with Gasteiger partial charge in [-0.05, 0) is 22.9 Å². The largest absolute Gasteiger partial charge is 0.465 e. The highest BCUT2D eigenvalue weighted by Gasteiger charge is 2.26. The van der Waals surface area contributed by atoms with Crippen molar-refractivity contribution in [1.82, 2.24) is 9.97 Å². The maximum atomic E-state index is 11.8. The molecule has 0 saturated heterocycles. The molecule has 0 fully saturated rings. The van der Waals surface area contributed by atoms with Gasteiger partial charge in [0.25, 0.3) is 0 Å². The molecule has 3 heterocycles. The van der Waals surface area contributed by atoms with Gasteiger partial charge in [0.2, 0.25) is 11.6 Å². The van der Waals surface area contributed by atoms with Crippen molar-refractivity contribution >= 4 is 63.3 Å². The summed E-state index contributed by atoms with van der Waals surface area (Å²) in [7, 11) is 2.47. The van der Waals surface area contributed by atoms with Crippen LogP contribution in [0.15, 0.2) is 29.2 Å². The Balaban J connectivity index is 1.99. The Kier molecular flexibility index (Phi) is 5.99. The summed E-state index contributed by atoms with van der Waals surface area (Å²) in [6.07, 6.45) is 1.12. The van der Waals surface area contributed by atoms with Gasteiger partial charge in [0.1, 0.15) is 16.1 Å². The third-order valence-corrected chi connectivity index (χ3v) is 5.37. The quantitative estimate of drug-likeness (QED) is 0.321. The fraction of sp³-hybridized carbons (Fsp3) is 0.125. The molecular weight excluding hydrogens is 422 g/mol. The van der Waals surface area contributed by atoms with Crippen molar-refractivity contribution in [2.24, 2.45) is 0 Å². The van der Waals surface area contributed by atoms with E-state index in [4.69, 9.17) is 9.47 Å². The molecule has 0 unspecified atom stereocenters. The molecule has 150 valence electrons. The van der Waals surface area contributed by atoms with Gasteiger partial charge >= 0.3 is 17.6 Å². The zero-order chi connectivity index (χ0) is 21.0. The van der Waals surface area contributed by atoms with Crippen LogP contribution < -0.4 is 10.6 Å². The lowest BCUT2D eigenvalue weighted by molar-refractivity contribution is -0.383. The molecule has 0 spiro atoms. The van der Waals surface area contributed by atoms with Crippen molar-refractivity contribution in [3.63, 3.8) is 0 Å². The number of thiophene rings is 2. The summed E-state index contributed by atoms with van der Waals surface area (Å²) >= 11 is 2.23. The second-order valence-electron chi connectivity index (χ2n) is 5.24. The molecule has 11 nitrogen and oxygen atoms in total. The van der Waals surface area contributed by atoms with Crippen molar-refractivity contribution < 1.29 is 24.0 Å². The Morgan fingerprint density at radius 1 is 0.966 bits per heavy atom. The number of anilines is 4. The molecule has 0 aromatic carbocycles. The Bertz CT molecular complexity index is 1000. The van der Waals surface area contributed by atoms with Gasteiger partial charge in [-0.25, -0.2) is 19.6 Å². The summed E-state index contributed by atoms with van der Waals surface area (Å²) in [4.78, 5) is 43.1. The number of esters is 2. The number of rotatable bonds is 7. The summed E-state index contributed by atoms with van der Waals surface area (Å²) in [6.45, 7) is 0. The number of ether oxygens (including phenoxy) is 2. The van der Waals surface area contributed by atoms with Gasteiger partial charge in [-0.15, -0.1) is 22.7 Å². The van der Waals surface area contributed by atoms with Crippen LogP contribution in [0.1, 0.15) is 19.3 Å². The number of aromatic nitrogens is 2. The Morgan fingerprint density at radius 3 is 1.79 bits per heavy atom. The predicted molar refractivity (Wildman–Crippen MR) is 107 cm³/mol. The lowest BCUT2D eigenvalue weighted by Crippen LogP contribution is -2.08. The SMILES string of the molecule is COC(=O)c1sccc1Nc1ncnc(Nc2ccsc2C(=O)OC)c1[N+](=O)[O-]. The van der Waals surface area contributed by atoms with E-state index in [-0.39, 0.29) is 21.4 Å². The first-order valence-electron chi connectivity index (χ1n) is 7.81. The van der Waals surface area contributed by atoms with Crippen LogP contribution in [-0.4, -0.2) is 41.0 Å². The predicted octanol–water partition coefficient (Wildman–Crippen LogP) is 3.57. The minimum absolute atomic E-state index is 0.133. The number of methoxy groups -OCH3 is 2. The van der Waals surface area contributed by atoms with Gasteiger partial charge in [-0.2, -0.15) is 0 Å². The average Bonchev–Trinajstić information content (AvgIpc) is 3.36. The smallest absolute Gasteiger partial charge is 0.353 e. The van der Waals surface area contributed by atoms with Crippen LogP contribution in [0, 0.1) is 10.1 Å². The molecule has 3 aromatic rings. The molecule has 3 aromatic heterocycles. The van der Waals surface area contributed by atoms with E-state index in [1.807, 2.05) is 0 Å². The summed E-state index contributed by atoms with van der Waals surface area (Å²) in [5.41, 5.74) is 0.150. The van der Waals surface area contributed by atoms with Gasteiger partial charge in [0, 0.05) is 0 Å². The number of nitrogens with one attached hydrogen (secondary N) is 2. The lowest BCUT2D eigenvalue weighted by Gasteiger charge is -2.10. The van der Waals surface area contributed by atoms with Crippen LogP contribution in [-0.2, 0) is 9.47 Å². The van der Waals surface area contributed by atoms with Crippen LogP contribution in [0.3, 0.4) is 0 Å². The summed E-state index contributed by atoms with van der Waals surface area (Å²) < 4.78 is 9.40. The van der Waals surface area contributed by atoms with E-state index in [1.54, 1.807) is 22.9 Å². The number of hydrogen-bond acceptors (Lipinski definition) is 12. The minimum atomic E-state index is -0.668. The lowest BCUT2D eigenvalue weighted by atomic mass is 10.3. The van der Waals surface area contributed by atoms with E-state index in [1.165, 1.54) is 14.2 Å². The molecular formula is C16H13N5O6S2. The molecule has 0 aliphatic rings. The second kappa shape index (κ2) is 8.62. The number of carbonyl (C=O) groups excluding carboxylic acids is 2. The van der Waals surface area contributed by atoms with E-state index < -0.39 is 22.5 Å². The maximum Gasteiger partial charge on any atom is 0.353 e. The minimum Gasteiger partial charge on any atom is -0.465 e. The molecule has 13 heteroatoms. The molecule has 0 amide bonds. The molecule has 0 atom stereocenters. The third kappa shape index (κ3) is 4.14. The average molecular weight is 435 g/mol. The van der Waals surface area contributed by atoms with Gasteiger partial charge < -0.3 is 20.1 Å². The monoisotopic (exact) mass is 435 g/mol. The number of nitro groups is 1. The maximum absolute atomic E-state index is 11.8. The topological polar surface area (TPSA) is 146 Å². The summed E-state index contributed by atoms with van der Waals surface area (Å²) in [5, 5.41) is 20.5. The Morgan fingerprint density at radius 2 is 1.41 bits per heavy atom. The summed E-state index contributed by atoms with van der Waals surface area (Å²) in [5.74, 6) is -1.44. The van der Waals surface area contributed by atoms with Gasteiger partial charge in [-0.3, -0.25) is 10.1 Å². The highest BCUT2D eigenvalue weighted by atomic mass is 32.1. The van der Waals surface area contributed by atoms with E-state index in [0.717, 1.165) is 29.0 Å². The molecule has 0 aliphatic carbocycles. The first-order valence-corrected chi connectivity index (χ1v) is 9.57. The molecule has 0 saturated carbocycles. The van der Waals surface area contributed by atoms with Crippen LogP contribution in [0.25, 0.3) is 0 Å². The van der Waals surface area contributed by atoms with Crippen molar-refractivity contribution in [3.05, 3.63) is 49.1 Å². The zero-order valence-electron chi connectivity index (χ0n) is 15.0. The second-order valence-corrected chi connectivity index (χ2v) is 7.07. The van der Waals surface area contributed by atoms with Gasteiger partial charge in [-0.1, -0.05) is 0 Å². The number of hydrogen-bond donors (Lipinski definition) is 2. The van der Waals surface area contributed by atoms with Crippen molar-refractivity contribution in [1.29, 1.82) is 0 Å². The summed E-state index contributed by atoms with van der Waals surface area (Å²) in [6, 6.07) is 3.15. The molecule has 3 rings (SSSR count). The fourth-order valence-electron chi connectivity index (χ4n) is 2.31. The Labute approximate surface area is 171 Å². The molecule has 0 aliphatic heterocycles. The van der Waals surface area contributed by atoms with Gasteiger partial charge in [0.05, 0.1) is 30.5 Å². The highest BCUT2D eigenvalue weighted by Crippen LogP contribution is 2.36. The molecule has 2 N–H and O–H groups in total. The highest BCUT2D eigenvalue weighted by molar-refractivity contribution is 7.13. The van der Waals surface area contributed by atoms with Crippen LogP contribution in [0.4, 0.5) is 28.7 Å². The normalized spacial score (nSPS) is 10.3. The van der Waals surface area contributed by atoms with Crippen molar-refractivity contribution in [3.8, 4) is 0 Å². The molecule has 0 bridgehead atoms. The first-order chi connectivity index (χ1) is 14.0. The first kappa shape index (κ1) is 20.2. The standard InChI is InChI=1S/C16H13N5O6S2/c1-26-15(22)11-8(3-5-28-11)19-13-10(21(24)25)14(18-7-17-13)20-9-4-6-29-12(9)16(23)27-2/h3-7H,1-2H3,(H2,17,18,19,20). The fourth-order valence-corrected chi connectivity index (χ4v) is 3.84. The van der Waals surface area contributed by atoms with E-state index >= 15 is 0 Å². The van der Waals surface area contributed by atoms with Crippen LogP contribution in [0.2, 0.25) is 0 Å². The Hall–Kier alpha value is -3.58. The number of nitrogens with zero attached hydrogens (tertiary/aromatic N) is 3. The van der Waals surface area contributed by atoms with E-state index in [9.17, 15) is 19.7 Å². The molecule has 0 radical (unpaired) electrons. The van der Waals surface area contributed by atoms with E-state index in [2.05, 4.69) is 20.6 Å². The van der Waals surface area contributed by atoms with Crippen LogP contribution in [0.5, 0.6) is 0 Å². The van der Waals surface area contributed by atoms with Crippen molar-refractivity contribution in [2.45, 2.75) is 0 Å². The molecule has 29 heavy (non-hydrogen) atoms. The number of carbonyl (C=O) groups is 2. The zero-order valence-corrected chi connectivity index (χ0v) is 16.6. The third-order valence-electron chi connectivity index (χ3n) is 3.58. The van der Waals surface area contributed by atoms with Crippen LogP contribution >= 0.6 is 22.7 Å². The van der Waals surface area contributed by atoms with E-state index in [0.29, 0.717) is 11.4 Å². The van der Waals surface area contributed by atoms with Gasteiger partial charge in [0.15, 0.2) is 0 Å².